The monoisotopic (exact) mass is 362 g/mol. The number of rotatable bonds is 2. The Bertz CT molecular complexity index is 1190. The van der Waals surface area contributed by atoms with Crippen LogP contribution in [0.25, 0.3) is 10.9 Å². The maximum absolute atomic E-state index is 13.1. The number of fused-ring (bicyclic) bond motifs is 2. The van der Waals surface area contributed by atoms with Gasteiger partial charge in [-0.1, -0.05) is 24.3 Å². The van der Waals surface area contributed by atoms with Crippen molar-refractivity contribution in [2.24, 2.45) is 0 Å². The molecular formula is C20H14N2O5. The molecular weight excluding hydrogens is 348 g/mol. The van der Waals surface area contributed by atoms with Gasteiger partial charge in [0.15, 0.2) is 5.78 Å². The Morgan fingerprint density at radius 3 is 2.33 bits per heavy atom. The van der Waals surface area contributed by atoms with Crippen LogP contribution in [0.3, 0.4) is 0 Å². The first-order chi connectivity index (χ1) is 12.8. The first-order valence-corrected chi connectivity index (χ1v) is 8.17. The molecule has 134 valence electrons. The molecule has 2 heterocycles. The highest BCUT2D eigenvalue weighted by Crippen LogP contribution is 2.34. The minimum Gasteiger partial charge on any atom is -0.494 e. The van der Waals surface area contributed by atoms with Crippen molar-refractivity contribution in [3.8, 4) is 5.88 Å². The van der Waals surface area contributed by atoms with Gasteiger partial charge < -0.3 is 5.11 Å². The molecule has 0 unspecified atom stereocenters. The summed E-state index contributed by atoms with van der Waals surface area (Å²) in [5, 5.41) is 11.0. The summed E-state index contributed by atoms with van der Waals surface area (Å²) in [7, 11) is 1.37. The van der Waals surface area contributed by atoms with Crippen molar-refractivity contribution in [2.45, 2.75) is 6.92 Å². The van der Waals surface area contributed by atoms with E-state index in [1.165, 1.54) is 32.2 Å². The number of carbonyl (C=O) groups is 4. The molecule has 1 N–H and O–H groups in total. The number of benzene rings is 2. The smallest absolute Gasteiger partial charge is 0.261 e. The van der Waals surface area contributed by atoms with E-state index in [9.17, 15) is 24.3 Å². The SMILES string of the molecule is CC(=O)n1c(O)c(C(=O)c2ccc3c(c2)C(=O)N(C)C3=O)c2ccccc21. The largest absolute Gasteiger partial charge is 0.494 e. The van der Waals surface area contributed by atoms with Crippen LogP contribution in [-0.2, 0) is 0 Å². The Balaban J connectivity index is 1.91. The summed E-state index contributed by atoms with van der Waals surface area (Å²) in [4.78, 5) is 50.2. The Morgan fingerprint density at radius 1 is 0.963 bits per heavy atom. The molecule has 0 spiro atoms. The van der Waals surface area contributed by atoms with E-state index in [4.69, 9.17) is 0 Å². The minimum absolute atomic E-state index is 0.0223. The zero-order valence-corrected chi connectivity index (χ0v) is 14.5. The third-order valence-corrected chi connectivity index (χ3v) is 4.74. The van der Waals surface area contributed by atoms with E-state index in [1.807, 2.05) is 0 Å². The Labute approximate surface area is 153 Å². The quantitative estimate of drug-likeness (QED) is 0.558. The van der Waals surface area contributed by atoms with Gasteiger partial charge in [-0.05, 0) is 18.2 Å². The third-order valence-electron chi connectivity index (χ3n) is 4.74. The lowest BCUT2D eigenvalue weighted by Crippen LogP contribution is -2.24. The number of aromatic nitrogens is 1. The fraction of sp³-hybridized carbons (Fsp3) is 0.100. The molecule has 2 aromatic carbocycles. The minimum atomic E-state index is -0.540. The second-order valence-corrected chi connectivity index (χ2v) is 6.33. The average Bonchev–Trinajstić information content (AvgIpc) is 3.07. The summed E-state index contributed by atoms with van der Waals surface area (Å²) in [5.41, 5.74) is 0.911. The number of imide groups is 1. The van der Waals surface area contributed by atoms with Gasteiger partial charge in [-0.3, -0.25) is 28.6 Å². The van der Waals surface area contributed by atoms with Crippen LogP contribution in [0.4, 0.5) is 0 Å². The van der Waals surface area contributed by atoms with Crippen molar-refractivity contribution in [2.75, 3.05) is 7.05 Å². The summed E-state index contributed by atoms with van der Waals surface area (Å²) in [5.74, 6) is -2.33. The number of carbonyl (C=O) groups excluding carboxylic acids is 4. The lowest BCUT2D eigenvalue weighted by molar-refractivity contribution is 0.0692. The Kier molecular flexibility index (Phi) is 3.49. The molecule has 0 fully saturated rings. The van der Waals surface area contributed by atoms with Gasteiger partial charge in [0.2, 0.25) is 11.8 Å². The van der Waals surface area contributed by atoms with E-state index in [2.05, 4.69) is 0 Å². The molecule has 0 bridgehead atoms. The van der Waals surface area contributed by atoms with E-state index in [-0.39, 0.29) is 22.3 Å². The molecule has 1 aliphatic rings. The second-order valence-electron chi connectivity index (χ2n) is 6.33. The van der Waals surface area contributed by atoms with Gasteiger partial charge in [-0.15, -0.1) is 0 Å². The summed E-state index contributed by atoms with van der Waals surface area (Å²) < 4.78 is 1.07. The summed E-state index contributed by atoms with van der Waals surface area (Å²) in [6.45, 7) is 1.29. The number of aromatic hydroxyl groups is 1. The van der Waals surface area contributed by atoms with Gasteiger partial charge in [-0.2, -0.15) is 0 Å². The van der Waals surface area contributed by atoms with Gasteiger partial charge in [0, 0.05) is 24.9 Å². The number of amides is 2. The van der Waals surface area contributed by atoms with Crippen molar-refractivity contribution >= 4 is 34.4 Å². The van der Waals surface area contributed by atoms with Crippen LogP contribution in [0.1, 0.15) is 48.4 Å². The zero-order valence-electron chi connectivity index (χ0n) is 14.5. The fourth-order valence-corrected chi connectivity index (χ4v) is 3.42. The standard InChI is InChI=1S/C20H14N2O5/c1-10(23)22-15-6-4-3-5-13(15)16(20(22)27)17(24)11-7-8-12-14(9-11)19(26)21(2)18(12)25/h3-9,27H,1-2H3. The molecule has 27 heavy (non-hydrogen) atoms. The topological polar surface area (TPSA) is 96.7 Å². The molecule has 0 saturated heterocycles. The lowest BCUT2D eigenvalue weighted by atomic mass is 9.98. The van der Waals surface area contributed by atoms with Crippen molar-refractivity contribution in [3.63, 3.8) is 0 Å². The highest BCUT2D eigenvalue weighted by molar-refractivity contribution is 6.24. The lowest BCUT2D eigenvalue weighted by Gasteiger charge is -2.04. The molecule has 0 atom stereocenters. The maximum atomic E-state index is 13.1. The van der Waals surface area contributed by atoms with Crippen molar-refractivity contribution < 1.29 is 24.3 Å². The fourth-order valence-electron chi connectivity index (χ4n) is 3.42. The number of hydrogen-bond acceptors (Lipinski definition) is 5. The van der Waals surface area contributed by atoms with Crippen LogP contribution < -0.4 is 0 Å². The number of para-hydroxylation sites is 1. The van der Waals surface area contributed by atoms with Gasteiger partial charge in [0.25, 0.3) is 11.8 Å². The normalized spacial score (nSPS) is 13.3. The highest BCUT2D eigenvalue weighted by Gasteiger charge is 2.34. The summed E-state index contributed by atoms with van der Waals surface area (Å²) in [6.07, 6.45) is 0. The van der Waals surface area contributed by atoms with Crippen LogP contribution >= 0.6 is 0 Å². The van der Waals surface area contributed by atoms with Gasteiger partial charge in [0.05, 0.1) is 22.2 Å². The van der Waals surface area contributed by atoms with E-state index in [1.54, 1.807) is 24.3 Å². The van der Waals surface area contributed by atoms with E-state index in [0.717, 1.165) is 9.47 Å². The van der Waals surface area contributed by atoms with Crippen LogP contribution in [0.15, 0.2) is 42.5 Å². The van der Waals surface area contributed by atoms with Crippen LogP contribution in [0.5, 0.6) is 5.88 Å². The number of ketones is 1. The molecule has 1 aliphatic heterocycles. The first kappa shape index (κ1) is 16.7. The van der Waals surface area contributed by atoms with E-state index >= 15 is 0 Å². The Hall–Kier alpha value is -3.74. The van der Waals surface area contributed by atoms with Gasteiger partial charge in [0.1, 0.15) is 0 Å². The molecule has 1 aromatic heterocycles. The number of nitrogens with zero attached hydrogens (tertiary/aromatic N) is 2. The molecule has 7 nitrogen and oxygen atoms in total. The predicted octanol–water partition coefficient (Wildman–Crippen LogP) is 2.46. The van der Waals surface area contributed by atoms with Crippen molar-refractivity contribution in [3.05, 3.63) is 64.7 Å². The van der Waals surface area contributed by atoms with E-state index in [0.29, 0.717) is 10.9 Å². The molecule has 3 aromatic rings. The molecule has 4 rings (SSSR count). The maximum Gasteiger partial charge on any atom is 0.261 e. The van der Waals surface area contributed by atoms with Crippen LogP contribution in [0.2, 0.25) is 0 Å². The van der Waals surface area contributed by atoms with Crippen LogP contribution in [-0.4, -0.2) is 45.1 Å². The number of hydrogen-bond donors (Lipinski definition) is 1. The highest BCUT2D eigenvalue weighted by atomic mass is 16.3. The summed E-state index contributed by atoms with van der Waals surface area (Å²) >= 11 is 0. The van der Waals surface area contributed by atoms with Gasteiger partial charge in [-0.25, -0.2) is 0 Å². The van der Waals surface area contributed by atoms with Crippen LogP contribution in [0, 0.1) is 0 Å². The van der Waals surface area contributed by atoms with Crippen molar-refractivity contribution in [1.29, 1.82) is 0 Å². The second kappa shape index (κ2) is 5.63. The molecule has 2 amide bonds. The molecule has 0 aliphatic carbocycles. The molecule has 7 heteroatoms. The molecule has 0 radical (unpaired) electrons. The van der Waals surface area contributed by atoms with E-state index < -0.39 is 29.4 Å². The molecule has 0 saturated carbocycles. The van der Waals surface area contributed by atoms with Gasteiger partial charge >= 0.3 is 0 Å². The Morgan fingerprint density at radius 2 is 1.63 bits per heavy atom. The average molecular weight is 362 g/mol. The van der Waals surface area contributed by atoms with Crippen molar-refractivity contribution in [1.82, 2.24) is 9.47 Å². The predicted molar refractivity (Wildman–Crippen MR) is 96.2 cm³/mol. The first-order valence-electron chi connectivity index (χ1n) is 8.17. The third kappa shape index (κ3) is 2.21. The zero-order chi connectivity index (χ0) is 19.5. The summed E-state index contributed by atoms with van der Waals surface area (Å²) in [6, 6.07) is 10.9.